The van der Waals surface area contributed by atoms with Crippen molar-refractivity contribution >= 4 is 17.9 Å². The van der Waals surface area contributed by atoms with Crippen molar-refractivity contribution in [3.63, 3.8) is 0 Å². The molecular formula is C9H13ClN2O. The summed E-state index contributed by atoms with van der Waals surface area (Å²) in [5, 5.41) is 4.95. The Kier molecular flexibility index (Phi) is 3.48. The zero-order valence-electron chi connectivity index (χ0n) is 7.88. The van der Waals surface area contributed by atoms with Crippen LogP contribution in [-0.2, 0) is 17.8 Å². The van der Waals surface area contributed by atoms with Crippen LogP contribution in [0.4, 0.5) is 0 Å². The highest BCUT2D eigenvalue weighted by atomic mass is 35.5. The third kappa shape index (κ3) is 2.10. The van der Waals surface area contributed by atoms with Crippen LogP contribution in [0.15, 0.2) is 0 Å². The summed E-state index contributed by atoms with van der Waals surface area (Å²) in [7, 11) is 0. The molecule has 0 aliphatic heterocycles. The van der Waals surface area contributed by atoms with Gasteiger partial charge in [0, 0.05) is 13.0 Å². The van der Waals surface area contributed by atoms with E-state index >= 15 is 0 Å². The second kappa shape index (κ2) is 4.42. The molecule has 1 rings (SSSR count). The molecule has 1 heterocycles. The first-order chi connectivity index (χ1) is 6.20. The lowest BCUT2D eigenvalue weighted by molar-refractivity contribution is -0.107. The Labute approximate surface area is 82.7 Å². The van der Waals surface area contributed by atoms with E-state index in [2.05, 4.69) is 5.10 Å². The van der Waals surface area contributed by atoms with E-state index in [9.17, 15) is 4.79 Å². The van der Waals surface area contributed by atoms with Crippen LogP contribution < -0.4 is 0 Å². The molecule has 72 valence electrons. The third-order valence-electron chi connectivity index (χ3n) is 1.95. The van der Waals surface area contributed by atoms with Crippen molar-refractivity contribution in [3.8, 4) is 0 Å². The molecule has 0 radical (unpaired) electrons. The van der Waals surface area contributed by atoms with Crippen molar-refractivity contribution in [2.45, 2.75) is 33.2 Å². The molecular weight excluding hydrogens is 188 g/mol. The maximum atomic E-state index is 10.2. The van der Waals surface area contributed by atoms with E-state index in [0.29, 0.717) is 17.9 Å². The number of hydrogen-bond donors (Lipinski definition) is 0. The van der Waals surface area contributed by atoms with Gasteiger partial charge in [0.2, 0.25) is 0 Å². The van der Waals surface area contributed by atoms with Crippen molar-refractivity contribution in [2.24, 2.45) is 0 Å². The number of rotatable bonds is 4. The summed E-state index contributed by atoms with van der Waals surface area (Å²) in [5.74, 6) is 0. The van der Waals surface area contributed by atoms with E-state index in [4.69, 9.17) is 11.6 Å². The number of aryl methyl sites for hydroxylation is 2. The molecule has 0 fully saturated rings. The van der Waals surface area contributed by atoms with Gasteiger partial charge in [-0.2, -0.15) is 5.10 Å². The highest BCUT2D eigenvalue weighted by molar-refractivity contribution is 6.31. The molecule has 0 saturated heterocycles. The predicted octanol–water partition coefficient (Wildman–Crippen LogP) is 2.00. The average Bonchev–Trinajstić information content (AvgIpc) is 2.40. The van der Waals surface area contributed by atoms with Crippen LogP contribution in [0.2, 0.25) is 5.02 Å². The summed E-state index contributed by atoms with van der Waals surface area (Å²) >= 11 is 6.03. The minimum atomic E-state index is 0.505. The number of carbonyl (C=O) groups excluding carboxylic acids is 1. The predicted molar refractivity (Wildman–Crippen MR) is 52.0 cm³/mol. The molecule has 0 N–H and O–H groups in total. The first kappa shape index (κ1) is 10.3. The van der Waals surface area contributed by atoms with Crippen LogP contribution >= 0.6 is 11.6 Å². The minimum absolute atomic E-state index is 0.505. The molecule has 0 aliphatic carbocycles. The Hall–Kier alpha value is -0.830. The largest absolute Gasteiger partial charge is 0.303 e. The summed E-state index contributed by atoms with van der Waals surface area (Å²) in [6, 6.07) is 0. The maximum Gasteiger partial charge on any atom is 0.120 e. The number of hydrogen-bond acceptors (Lipinski definition) is 2. The van der Waals surface area contributed by atoms with Crippen molar-refractivity contribution in [1.29, 1.82) is 0 Å². The summed E-state index contributed by atoms with van der Waals surface area (Å²) in [6.45, 7) is 4.67. The molecule has 0 saturated carbocycles. The monoisotopic (exact) mass is 200 g/mol. The molecule has 1 aromatic heterocycles. The van der Waals surface area contributed by atoms with Gasteiger partial charge in [-0.05, 0) is 20.3 Å². The molecule has 1 aromatic rings. The second-order valence-electron chi connectivity index (χ2n) is 2.87. The molecule has 3 nitrogen and oxygen atoms in total. The van der Waals surface area contributed by atoms with E-state index in [1.807, 2.05) is 18.5 Å². The molecule has 0 amide bonds. The second-order valence-corrected chi connectivity index (χ2v) is 3.25. The Morgan fingerprint density at radius 3 is 2.85 bits per heavy atom. The zero-order chi connectivity index (χ0) is 9.84. The van der Waals surface area contributed by atoms with E-state index in [1.54, 1.807) is 0 Å². The van der Waals surface area contributed by atoms with E-state index in [-0.39, 0.29) is 0 Å². The number of aldehydes is 1. The minimum Gasteiger partial charge on any atom is -0.303 e. The van der Waals surface area contributed by atoms with Gasteiger partial charge in [-0.3, -0.25) is 4.68 Å². The lowest BCUT2D eigenvalue weighted by Crippen LogP contribution is -2.03. The quantitative estimate of drug-likeness (QED) is 0.697. The van der Waals surface area contributed by atoms with E-state index in [0.717, 1.165) is 24.2 Å². The van der Waals surface area contributed by atoms with Crippen LogP contribution in [0, 0.1) is 6.92 Å². The van der Waals surface area contributed by atoms with Gasteiger partial charge in [0.25, 0.3) is 0 Å². The van der Waals surface area contributed by atoms with Gasteiger partial charge in [0.1, 0.15) is 6.29 Å². The molecule has 0 atom stereocenters. The van der Waals surface area contributed by atoms with Gasteiger partial charge in [-0.1, -0.05) is 11.6 Å². The van der Waals surface area contributed by atoms with Crippen LogP contribution in [0.5, 0.6) is 0 Å². The SMILES string of the molecule is CCn1nc(C)c(Cl)c1CCC=O. The van der Waals surface area contributed by atoms with Crippen molar-refractivity contribution in [3.05, 3.63) is 16.4 Å². The average molecular weight is 201 g/mol. The van der Waals surface area contributed by atoms with Gasteiger partial charge in [0.05, 0.1) is 16.4 Å². The van der Waals surface area contributed by atoms with Gasteiger partial charge >= 0.3 is 0 Å². The number of halogens is 1. The Morgan fingerprint density at radius 2 is 2.31 bits per heavy atom. The van der Waals surface area contributed by atoms with Crippen molar-refractivity contribution in [1.82, 2.24) is 9.78 Å². The summed E-state index contributed by atoms with van der Waals surface area (Å²) in [5.41, 5.74) is 1.80. The van der Waals surface area contributed by atoms with Gasteiger partial charge in [-0.25, -0.2) is 0 Å². The summed E-state index contributed by atoms with van der Waals surface area (Å²) < 4.78 is 1.85. The fourth-order valence-electron chi connectivity index (χ4n) is 1.30. The maximum absolute atomic E-state index is 10.2. The van der Waals surface area contributed by atoms with Gasteiger partial charge in [0.15, 0.2) is 0 Å². The van der Waals surface area contributed by atoms with E-state index in [1.165, 1.54) is 0 Å². The summed E-state index contributed by atoms with van der Waals surface area (Å²) in [6.07, 6.45) is 2.08. The van der Waals surface area contributed by atoms with Crippen LogP contribution in [0.3, 0.4) is 0 Å². The molecule has 4 heteroatoms. The molecule has 0 aliphatic rings. The van der Waals surface area contributed by atoms with E-state index < -0.39 is 0 Å². The zero-order valence-corrected chi connectivity index (χ0v) is 8.64. The van der Waals surface area contributed by atoms with Crippen molar-refractivity contribution in [2.75, 3.05) is 0 Å². The lowest BCUT2D eigenvalue weighted by Gasteiger charge is -2.01. The number of carbonyl (C=O) groups is 1. The highest BCUT2D eigenvalue weighted by Crippen LogP contribution is 2.21. The molecule has 0 bridgehead atoms. The fraction of sp³-hybridized carbons (Fsp3) is 0.556. The third-order valence-corrected chi connectivity index (χ3v) is 2.44. The summed E-state index contributed by atoms with van der Waals surface area (Å²) in [4.78, 5) is 10.2. The molecule has 0 aromatic carbocycles. The smallest absolute Gasteiger partial charge is 0.120 e. The Bertz CT molecular complexity index is 307. The Balaban J connectivity index is 2.94. The normalized spacial score (nSPS) is 10.4. The van der Waals surface area contributed by atoms with Gasteiger partial charge in [-0.15, -0.1) is 0 Å². The molecule has 13 heavy (non-hydrogen) atoms. The first-order valence-corrected chi connectivity index (χ1v) is 4.73. The first-order valence-electron chi connectivity index (χ1n) is 4.36. The molecule has 0 spiro atoms. The molecule has 0 unspecified atom stereocenters. The highest BCUT2D eigenvalue weighted by Gasteiger charge is 2.11. The van der Waals surface area contributed by atoms with Gasteiger partial charge < -0.3 is 4.79 Å². The standard InChI is InChI=1S/C9H13ClN2O/c1-3-12-8(5-4-6-13)9(10)7(2)11-12/h6H,3-5H2,1-2H3. The van der Waals surface area contributed by atoms with Crippen molar-refractivity contribution < 1.29 is 4.79 Å². The van der Waals surface area contributed by atoms with Crippen LogP contribution in [0.1, 0.15) is 24.7 Å². The fourth-order valence-corrected chi connectivity index (χ4v) is 1.53. The Morgan fingerprint density at radius 1 is 1.62 bits per heavy atom. The number of aromatic nitrogens is 2. The number of nitrogens with zero attached hydrogens (tertiary/aromatic N) is 2. The van der Waals surface area contributed by atoms with Crippen LogP contribution in [0.25, 0.3) is 0 Å². The topological polar surface area (TPSA) is 34.9 Å². The lowest BCUT2D eigenvalue weighted by atomic mass is 10.2. The van der Waals surface area contributed by atoms with Crippen LogP contribution in [-0.4, -0.2) is 16.1 Å².